The number of rotatable bonds is 6. The summed E-state index contributed by atoms with van der Waals surface area (Å²) in [7, 11) is 0. The summed E-state index contributed by atoms with van der Waals surface area (Å²) in [5.41, 5.74) is 8.08. The van der Waals surface area contributed by atoms with Crippen LogP contribution in [0.1, 0.15) is 11.4 Å². The number of hydrogen-bond donors (Lipinski definition) is 1. The van der Waals surface area contributed by atoms with Gasteiger partial charge in [0, 0.05) is 12.1 Å². The predicted octanol–water partition coefficient (Wildman–Crippen LogP) is 2.45. The van der Waals surface area contributed by atoms with E-state index in [9.17, 15) is 8.78 Å². The number of nitrogens with zero attached hydrogens (tertiary/aromatic N) is 2. The number of anilines is 1. The molecule has 0 amide bonds. The van der Waals surface area contributed by atoms with E-state index in [4.69, 9.17) is 15.0 Å². The molecule has 7 heteroatoms. The summed E-state index contributed by atoms with van der Waals surface area (Å²) in [4.78, 5) is 4.17. The summed E-state index contributed by atoms with van der Waals surface area (Å²) in [6, 6.07) is 5.49. The third-order valence-corrected chi connectivity index (χ3v) is 2.62. The molecule has 20 heavy (non-hydrogen) atoms. The van der Waals surface area contributed by atoms with Crippen LogP contribution in [0.3, 0.4) is 0 Å². The lowest BCUT2D eigenvalue weighted by Crippen LogP contribution is -2.07. The Labute approximate surface area is 114 Å². The fraction of sp³-hybridized carbons (Fsp3) is 0.385. The average Bonchev–Trinajstić information content (AvgIpc) is 2.86. The van der Waals surface area contributed by atoms with Gasteiger partial charge in [-0.25, -0.2) is 8.78 Å². The maximum absolute atomic E-state index is 11.9. The lowest BCUT2D eigenvalue weighted by molar-refractivity contribution is 0.0182. The maximum atomic E-state index is 11.9. The highest BCUT2D eigenvalue weighted by atomic mass is 19.3. The Bertz CT molecular complexity index is 572. The van der Waals surface area contributed by atoms with E-state index < -0.39 is 13.0 Å². The molecule has 0 unspecified atom stereocenters. The minimum atomic E-state index is -2.47. The third kappa shape index (κ3) is 3.74. The molecule has 0 bridgehead atoms. The molecule has 0 saturated carbocycles. The van der Waals surface area contributed by atoms with Gasteiger partial charge in [0.25, 0.3) is 12.3 Å². The van der Waals surface area contributed by atoms with Gasteiger partial charge in [-0.3, -0.25) is 0 Å². The summed E-state index contributed by atoms with van der Waals surface area (Å²) in [5.74, 6) is 0.713. The quantitative estimate of drug-likeness (QED) is 0.651. The van der Waals surface area contributed by atoms with Gasteiger partial charge in [0.05, 0.1) is 12.2 Å². The number of nitrogen functional groups attached to an aromatic ring is 1. The third-order valence-electron chi connectivity index (χ3n) is 2.62. The van der Waals surface area contributed by atoms with E-state index in [-0.39, 0.29) is 6.61 Å². The summed E-state index contributed by atoms with van der Waals surface area (Å²) in [6.07, 6.45) is -2.16. The van der Waals surface area contributed by atoms with Gasteiger partial charge in [0.1, 0.15) is 6.61 Å². The zero-order valence-electron chi connectivity index (χ0n) is 11.0. The van der Waals surface area contributed by atoms with E-state index in [0.29, 0.717) is 29.4 Å². The lowest BCUT2D eigenvalue weighted by Gasteiger charge is -2.01. The molecule has 108 valence electrons. The number of benzene rings is 1. The van der Waals surface area contributed by atoms with Gasteiger partial charge in [0.15, 0.2) is 5.82 Å². The Morgan fingerprint density at radius 2 is 2.20 bits per heavy atom. The van der Waals surface area contributed by atoms with Crippen LogP contribution in [0.25, 0.3) is 11.5 Å². The molecule has 0 fully saturated rings. The summed E-state index contributed by atoms with van der Waals surface area (Å²) >= 11 is 0. The fourth-order valence-corrected chi connectivity index (χ4v) is 1.66. The summed E-state index contributed by atoms with van der Waals surface area (Å²) < 4.78 is 33.6. The van der Waals surface area contributed by atoms with Gasteiger partial charge < -0.3 is 15.0 Å². The first-order chi connectivity index (χ1) is 9.56. The molecule has 2 N–H and O–H groups in total. The van der Waals surface area contributed by atoms with E-state index in [1.54, 1.807) is 6.07 Å². The van der Waals surface area contributed by atoms with Crippen molar-refractivity contribution in [1.82, 2.24) is 10.1 Å². The van der Waals surface area contributed by atoms with Crippen LogP contribution >= 0.6 is 0 Å². The largest absolute Gasteiger partial charge is 0.398 e. The van der Waals surface area contributed by atoms with Crippen LogP contribution in [0.2, 0.25) is 0 Å². The number of nitrogens with two attached hydrogens (primary N) is 1. The van der Waals surface area contributed by atoms with Crippen LogP contribution in [0.4, 0.5) is 14.5 Å². The molecular formula is C13H15F2N3O2. The monoisotopic (exact) mass is 283 g/mol. The van der Waals surface area contributed by atoms with E-state index >= 15 is 0 Å². The van der Waals surface area contributed by atoms with Crippen LogP contribution in [-0.4, -0.2) is 29.8 Å². The number of hydrogen-bond acceptors (Lipinski definition) is 5. The van der Waals surface area contributed by atoms with Crippen LogP contribution in [-0.2, 0) is 11.2 Å². The highest BCUT2D eigenvalue weighted by molar-refractivity contribution is 5.70. The number of aryl methyl sites for hydroxylation is 1. The molecule has 0 saturated heterocycles. The predicted molar refractivity (Wildman–Crippen MR) is 69.4 cm³/mol. The molecule has 0 radical (unpaired) electrons. The van der Waals surface area contributed by atoms with Crippen molar-refractivity contribution < 1.29 is 18.0 Å². The Balaban J connectivity index is 2.00. The number of alkyl halides is 2. The highest BCUT2D eigenvalue weighted by Gasteiger charge is 2.12. The summed E-state index contributed by atoms with van der Waals surface area (Å²) in [5, 5.41) is 3.77. The molecule has 0 atom stereocenters. The van der Waals surface area contributed by atoms with Crippen LogP contribution in [0.5, 0.6) is 0 Å². The van der Waals surface area contributed by atoms with Gasteiger partial charge in [0.2, 0.25) is 0 Å². The molecule has 1 heterocycles. The fourth-order valence-electron chi connectivity index (χ4n) is 1.66. The molecule has 5 nitrogen and oxygen atoms in total. The molecule has 1 aromatic heterocycles. The van der Waals surface area contributed by atoms with Gasteiger partial charge in [-0.05, 0) is 19.1 Å². The number of ether oxygens (including phenoxy) is 1. The van der Waals surface area contributed by atoms with Crippen LogP contribution in [0, 0.1) is 6.92 Å². The Hall–Kier alpha value is -2.02. The SMILES string of the molecule is Cc1ccc(N)c(-c2nc(CCOCC(F)F)no2)c1. The average molecular weight is 283 g/mol. The van der Waals surface area contributed by atoms with Crippen molar-refractivity contribution in [1.29, 1.82) is 0 Å². The van der Waals surface area contributed by atoms with Crippen molar-refractivity contribution in [3.8, 4) is 11.5 Å². The summed E-state index contributed by atoms with van der Waals surface area (Å²) in [6.45, 7) is 1.46. The molecule has 1 aromatic carbocycles. The molecule has 0 aliphatic carbocycles. The highest BCUT2D eigenvalue weighted by Crippen LogP contribution is 2.25. The van der Waals surface area contributed by atoms with E-state index in [0.717, 1.165) is 5.56 Å². The zero-order chi connectivity index (χ0) is 14.5. The van der Waals surface area contributed by atoms with Crippen molar-refractivity contribution >= 4 is 5.69 Å². The lowest BCUT2D eigenvalue weighted by atomic mass is 10.1. The first-order valence-electron chi connectivity index (χ1n) is 6.11. The van der Waals surface area contributed by atoms with Gasteiger partial charge in [-0.2, -0.15) is 4.98 Å². The van der Waals surface area contributed by atoms with Gasteiger partial charge >= 0.3 is 0 Å². The van der Waals surface area contributed by atoms with E-state index in [1.807, 2.05) is 19.1 Å². The zero-order valence-corrected chi connectivity index (χ0v) is 11.0. The second kappa shape index (κ2) is 6.42. The second-order valence-corrected chi connectivity index (χ2v) is 4.32. The minimum Gasteiger partial charge on any atom is -0.398 e. The normalized spacial score (nSPS) is 11.2. The minimum absolute atomic E-state index is 0.118. The van der Waals surface area contributed by atoms with Crippen molar-refractivity contribution in [2.75, 3.05) is 18.9 Å². The second-order valence-electron chi connectivity index (χ2n) is 4.32. The Morgan fingerprint density at radius 3 is 2.95 bits per heavy atom. The Morgan fingerprint density at radius 1 is 1.40 bits per heavy atom. The Kier molecular flexibility index (Phi) is 4.62. The van der Waals surface area contributed by atoms with Crippen LogP contribution < -0.4 is 5.73 Å². The van der Waals surface area contributed by atoms with E-state index in [2.05, 4.69) is 10.1 Å². The first kappa shape index (κ1) is 14.4. The first-order valence-corrected chi connectivity index (χ1v) is 6.11. The number of halogens is 2. The smallest absolute Gasteiger partial charge is 0.261 e. The van der Waals surface area contributed by atoms with Crippen molar-refractivity contribution in [3.05, 3.63) is 29.6 Å². The molecule has 2 aromatic rings. The van der Waals surface area contributed by atoms with E-state index in [1.165, 1.54) is 0 Å². The molecule has 2 rings (SSSR count). The molecular weight excluding hydrogens is 268 g/mol. The van der Waals surface area contributed by atoms with Crippen molar-refractivity contribution in [2.45, 2.75) is 19.8 Å². The number of aromatic nitrogens is 2. The van der Waals surface area contributed by atoms with Crippen LogP contribution in [0.15, 0.2) is 22.7 Å². The standard InChI is InChI=1S/C13H15F2N3O2/c1-8-2-3-10(16)9(6-8)13-17-12(18-20-13)4-5-19-7-11(14)15/h2-3,6,11H,4-5,7,16H2,1H3. The topological polar surface area (TPSA) is 74.2 Å². The molecule has 0 aliphatic heterocycles. The molecule has 0 spiro atoms. The van der Waals surface area contributed by atoms with Gasteiger partial charge in [-0.15, -0.1) is 0 Å². The van der Waals surface area contributed by atoms with Crippen molar-refractivity contribution in [2.24, 2.45) is 0 Å². The van der Waals surface area contributed by atoms with Gasteiger partial charge in [-0.1, -0.05) is 16.8 Å². The molecule has 0 aliphatic rings. The maximum Gasteiger partial charge on any atom is 0.261 e. The van der Waals surface area contributed by atoms with Crippen molar-refractivity contribution in [3.63, 3.8) is 0 Å².